The lowest BCUT2D eigenvalue weighted by atomic mass is 9.58. The van der Waals surface area contributed by atoms with Gasteiger partial charge in [-0.2, -0.15) is 5.10 Å². The van der Waals surface area contributed by atoms with E-state index in [-0.39, 0.29) is 42.4 Å². The maximum Gasteiger partial charge on any atom is 0.406 e. The Kier molecular flexibility index (Phi) is 12.9. The van der Waals surface area contributed by atoms with Gasteiger partial charge in [-0.05, 0) is 63.8 Å². The van der Waals surface area contributed by atoms with E-state index in [4.69, 9.17) is 14.6 Å². The zero-order chi connectivity index (χ0) is 31.7. The molecule has 244 valence electrons. The summed E-state index contributed by atoms with van der Waals surface area (Å²) in [5.41, 5.74) is 1.47. The Morgan fingerprint density at radius 3 is 2.53 bits per heavy atom. The molecule has 1 saturated heterocycles. The third-order valence-corrected chi connectivity index (χ3v) is 9.35. The summed E-state index contributed by atoms with van der Waals surface area (Å²) in [6.07, 6.45) is 6.70. The number of likely N-dealkylation sites (N-methyl/N-ethyl adjacent to an activating group) is 1. The standard InChI is InChI=1S/C32H56N6O5/c1-9-37(8)30(40)26-19-23(18-25(32(26,4)5)29(39)34-14-13-22(2)3)28-24(20-36(7)15-17-43-31(41)33-6)21-38(35-28)27-12-10-11-16-42-27/h21-23,25-27H,9-20H2,1-8H3,(H,33,41)(H,34,39). The summed E-state index contributed by atoms with van der Waals surface area (Å²) < 4.78 is 13.2. The van der Waals surface area contributed by atoms with E-state index in [1.807, 2.05) is 25.7 Å². The van der Waals surface area contributed by atoms with Gasteiger partial charge in [-0.1, -0.05) is 27.7 Å². The second-order valence-corrected chi connectivity index (χ2v) is 13.4. The van der Waals surface area contributed by atoms with Gasteiger partial charge < -0.3 is 25.0 Å². The number of nitrogens with zero attached hydrogens (tertiary/aromatic N) is 4. The van der Waals surface area contributed by atoms with Crippen molar-refractivity contribution in [2.45, 2.75) is 91.8 Å². The molecule has 1 aromatic rings. The third-order valence-electron chi connectivity index (χ3n) is 9.35. The van der Waals surface area contributed by atoms with Crippen LogP contribution in [0.3, 0.4) is 0 Å². The first-order valence-corrected chi connectivity index (χ1v) is 16.1. The first kappa shape index (κ1) is 34.8. The first-order chi connectivity index (χ1) is 20.4. The van der Waals surface area contributed by atoms with Crippen LogP contribution in [0.1, 0.15) is 96.5 Å². The number of rotatable bonds is 13. The molecule has 1 aromatic heterocycles. The van der Waals surface area contributed by atoms with Crippen molar-refractivity contribution in [3.8, 4) is 0 Å². The summed E-state index contributed by atoms with van der Waals surface area (Å²) >= 11 is 0. The number of aromatic nitrogens is 2. The van der Waals surface area contributed by atoms with Crippen molar-refractivity contribution in [3.63, 3.8) is 0 Å². The predicted molar refractivity (Wildman–Crippen MR) is 166 cm³/mol. The Hall–Kier alpha value is -2.66. The van der Waals surface area contributed by atoms with Gasteiger partial charge in [0.05, 0.1) is 5.69 Å². The van der Waals surface area contributed by atoms with Crippen LogP contribution in [-0.2, 0) is 25.6 Å². The van der Waals surface area contributed by atoms with E-state index in [1.54, 1.807) is 11.9 Å². The van der Waals surface area contributed by atoms with Crippen molar-refractivity contribution < 1.29 is 23.9 Å². The van der Waals surface area contributed by atoms with Crippen LogP contribution in [-0.4, -0.2) is 91.5 Å². The fourth-order valence-corrected chi connectivity index (χ4v) is 6.36. The molecule has 4 atom stereocenters. The van der Waals surface area contributed by atoms with E-state index >= 15 is 0 Å². The van der Waals surface area contributed by atoms with E-state index in [0.29, 0.717) is 51.5 Å². The van der Waals surface area contributed by atoms with Crippen molar-refractivity contribution in [2.75, 3.05) is 54.0 Å². The molecule has 4 unspecified atom stereocenters. The van der Waals surface area contributed by atoms with Crippen molar-refractivity contribution in [1.82, 2.24) is 30.2 Å². The molecule has 11 nitrogen and oxygen atoms in total. The van der Waals surface area contributed by atoms with E-state index in [0.717, 1.165) is 36.9 Å². The molecule has 0 aromatic carbocycles. The van der Waals surface area contributed by atoms with E-state index in [1.165, 1.54) is 0 Å². The van der Waals surface area contributed by atoms with Crippen LogP contribution in [0.5, 0.6) is 0 Å². The van der Waals surface area contributed by atoms with E-state index in [2.05, 4.69) is 49.4 Å². The Morgan fingerprint density at radius 2 is 1.91 bits per heavy atom. The highest BCUT2D eigenvalue weighted by atomic mass is 16.5. The van der Waals surface area contributed by atoms with Gasteiger partial charge in [-0.3, -0.25) is 14.5 Å². The molecule has 1 aliphatic heterocycles. The summed E-state index contributed by atoms with van der Waals surface area (Å²) in [5.74, 6) is -0.125. The van der Waals surface area contributed by atoms with Gasteiger partial charge in [0.25, 0.3) is 0 Å². The Balaban J connectivity index is 1.95. The normalized spacial score (nSPS) is 23.7. The highest BCUT2D eigenvalue weighted by molar-refractivity contribution is 5.84. The van der Waals surface area contributed by atoms with Crippen molar-refractivity contribution >= 4 is 17.9 Å². The maximum atomic E-state index is 13.8. The SMILES string of the molecule is CCN(C)C(=O)C1CC(c2nn(C3CCCCO3)cc2CN(C)CCOC(=O)NC)CC(C(=O)NCCC(C)C)C1(C)C. The molecule has 1 saturated carbocycles. The molecule has 0 radical (unpaired) electrons. The van der Waals surface area contributed by atoms with E-state index < -0.39 is 11.5 Å². The average molecular weight is 605 g/mol. The molecule has 0 spiro atoms. The van der Waals surface area contributed by atoms with Crippen LogP contribution in [0, 0.1) is 23.2 Å². The average Bonchev–Trinajstić information content (AvgIpc) is 3.39. The number of ether oxygens (including phenoxy) is 2. The van der Waals surface area contributed by atoms with Crippen molar-refractivity contribution in [3.05, 3.63) is 17.5 Å². The summed E-state index contributed by atoms with van der Waals surface area (Å²) in [5, 5.41) is 10.8. The van der Waals surface area contributed by atoms with Gasteiger partial charge in [0, 0.05) is 76.4 Å². The number of carbonyl (C=O) groups excluding carboxylic acids is 3. The van der Waals surface area contributed by atoms with Gasteiger partial charge in [0.15, 0.2) is 0 Å². The third kappa shape index (κ3) is 9.17. The van der Waals surface area contributed by atoms with Crippen LogP contribution in [0.2, 0.25) is 0 Å². The van der Waals surface area contributed by atoms with Gasteiger partial charge in [0.1, 0.15) is 12.8 Å². The molecular weight excluding hydrogens is 548 g/mol. The fraction of sp³-hybridized carbons (Fsp3) is 0.812. The summed E-state index contributed by atoms with van der Waals surface area (Å²) in [6, 6.07) is 0. The largest absolute Gasteiger partial charge is 0.448 e. The second kappa shape index (κ2) is 15.9. The molecular formula is C32H56N6O5. The molecule has 2 aliphatic rings. The minimum absolute atomic E-state index is 0.0207. The summed E-state index contributed by atoms with van der Waals surface area (Å²) in [6.45, 7) is 13.8. The van der Waals surface area contributed by atoms with Crippen LogP contribution >= 0.6 is 0 Å². The van der Waals surface area contributed by atoms with Crippen molar-refractivity contribution in [1.29, 1.82) is 0 Å². The van der Waals surface area contributed by atoms with Crippen LogP contribution in [0.4, 0.5) is 4.79 Å². The summed E-state index contributed by atoms with van der Waals surface area (Å²) in [4.78, 5) is 43.0. The molecule has 2 fully saturated rings. The maximum absolute atomic E-state index is 13.8. The fourth-order valence-electron chi connectivity index (χ4n) is 6.36. The molecule has 1 aliphatic carbocycles. The first-order valence-electron chi connectivity index (χ1n) is 16.1. The number of nitrogens with one attached hydrogen (secondary N) is 2. The Morgan fingerprint density at radius 1 is 1.19 bits per heavy atom. The highest BCUT2D eigenvalue weighted by Gasteiger charge is 2.51. The lowest BCUT2D eigenvalue weighted by Crippen LogP contribution is -2.52. The Labute approximate surface area is 258 Å². The van der Waals surface area contributed by atoms with Gasteiger partial charge in [-0.25, -0.2) is 9.48 Å². The van der Waals surface area contributed by atoms with Gasteiger partial charge in [-0.15, -0.1) is 0 Å². The number of hydrogen-bond donors (Lipinski definition) is 2. The number of carbonyl (C=O) groups is 3. The predicted octanol–water partition coefficient (Wildman–Crippen LogP) is 4.15. The number of alkyl carbamates (subject to hydrolysis) is 1. The summed E-state index contributed by atoms with van der Waals surface area (Å²) in [7, 11) is 5.37. The quantitative estimate of drug-likeness (QED) is 0.347. The zero-order valence-corrected chi connectivity index (χ0v) is 27.8. The minimum Gasteiger partial charge on any atom is -0.448 e. The van der Waals surface area contributed by atoms with E-state index in [9.17, 15) is 14.4 Å². The number of amides is 3. The molecule has 2 N–H and O–H groups in total. The van der Waals surface area contributed by atoms with Gasteiger partial charge >= 0.3 is 6.09 Å². The molecule has 2 heterocycles. The highest BCUT2D eigenvalue weighted by Crippen LogP contribution is 2.51. The Bertz CT molecular complexity index is 1070. The van der Waals surface area contributed by atoms with Crippen LogP contribution in [0.15, 0.2) is 6.20 Å². The number of hydrogen-bond acceptors (Lipinski definition) is 7. The second-order valence-electron chi connectivity index (χ2n) is 13.4. The lowest BCUT2D eigenvalue weighted by molar-refractivity contribution is -0.146. The molecule has 43 heavy (non-hydrogen) atoms. The van der Waals surface area contributed by atoms with Crippen LogP contribution < -0.4 is 10.6 Å². The van der Waals surface area contributed by atoms with Crippen LogP contribution in [0.25, 0.3) is 0 Å². The van der Waals surface area contributed by atoms with Gasteiger partial charge in [0.2, 0.25) is 11.8 Å². The smallest absolute Gasteiger partial charge is 0.406 e. The monoisotopic (exact) mass is 604 g/mol. The topological polar surface area (TPSA) is 118 Å². The molecule has 3 amide bonds. The molecule has 0 bridgehead atoms. The lowest BCUT2D eigenvalue weighted by Gasteiger charge is -2.47. The molecule has 3 rings (SSSR count). The van der Waals surface area contributed by atoms with Crippen molar-refractivity contribution in [2.24, 2.45) is 23.2 Å². The molecule has 11 heteroatoms. The minimum atomic E-state index is -0.512. The zero-order valence-electron chi connectivity index (χ0n) is 27.8.